The van der Waals surface area contributed by atoms with E-state index in [1.165, 1.54) is 0 Å². The van der Waals surface area contributed by atoms with Gasteiger partial charge in [0, 0.05) is 31.5 Å². The summed E-state index contributed by atoms with van der Waals surface area (Å²) in [6, 6.07) is 0.654. The van der Waals surface area contributed by atoms with Crippen molar-refractivity contribution >= 4 is 6.09 Å². The van der Waals surface area contributed by atoms with Gasteiger partial charge in [-0.15, -0.1) is 0 Å². The van der Waals surface area contributed by atoms with E-state index in [0.29, 0.717) is 6.04 Å². The number of ether oxygens (including phenoxy) is 1. The highest BCUT2D eigenvalue weighted by Gasteiger charge is 2.28. The third kappa shape index (κ3) is 4.73. The molecule has 0 spiro atoms. The van der Waals surface area contributed by atoms with Gasteiger partial charge in [-0.3, -0.25) is 0 Å². The van der Waals surface area contributed by atoms with Crippen LogP contribution in [0.15, 0.2) is 12.4 Å². The molecule has 6 nitrogen and oxygen atoms in total. The van der Waals surface area contributed by atoms with Crippen molar-refractivity contribution in [2.45, 2.75) is 64.6 Å². The first-order valence-corrected chi connectivity index (χ1v) is 8.12. The van der Waals surface area contributed by atoms with Crippen LogP contribution in [0.3, 0.4) is 0 Å². The van der Waals surface area contributed by atoms with Gasteiger partial charge in [0.05, 0.1) is 6.04 Å². The number of H-pyrrole nitrogens is 1. The lowest BCUT2D eigenvalue weighted by molar-refractivity contribution is 0.0195. The molecule has 1 aromatic heterocycles. The highest BCUT2D eigenvalue weighted by molar-refractivity contribution is 5.68. The number of likely N-dealkylation sites (tertiary alicyclic amines) is 1. The highest BCUT2D eigenvalue weighted by atomic mass is 16.6. The molecule has 0 radical (unpaired) electrons. The summed E-state index contributed by atoms with van der Waals surface area (Å²) in [5.74, 6) is 0.983. The van der Waals surface area contributed by atoms with Crippen LogP contribution in [0.25, 0.3) is 0 Å². The largest absolute Gasteiger partial charge is 0.444 e. The second-order valence-electron chi connectivity index (χ2n) is 6.84. The molecule has 0 aromatic carbocycles. The lowest BCUT2D eigenvalue weighted by atomic mass is 10.0. The minimum atomic E-state index is -0.432. The van der Waals surface area contributed by atoms with Gasteiger partial charge in [-0.1, -0.05) is 6.92 Å². The molecule has 2 rings (SSSR count). The summed E-state index contributed by atoms with van der Waals surface area (Å²) in [6.07, 6.45) is 6.30. The number of carbonyl (C=O) groups is 1. The van der Waals surface area contributed by atoms with Crippen molar-refractivity contribution in [3.05, 3.63) is 18.2 Å². The lowest BCUT2D eigenvalue weighted by Gasteiger charge is -2.35. The highest BCUT2D eigenvalue weighted by Crippen LogP contribution is 2.19. The SMILES string of the molecule is CCC(NC1CCN(C(=O)OC(C)(C)C)CC1)c1ncc[nH]1. The van der Waals surface area contributed by atoms with E-state index in [2.05, 4.69) is 22.2 Å². The first-order valence-electron chi connectivity index (χ1n) is 8.12. The quantitative estimate of drug-likeness (QED) is 0.897. The van der Waals surface area contributed by atoms with Crippen molar-refractivity contribution in [3.8, 4) is 0 Å². The molecule has 6 heteroatoms. The van der Waals surface area contributed by atoms with Gasteiger partial charge in [0.15, 0.2) is 0 Å². The predicted molar refractivity (Wildman–Crippen MR) is 85.6 cm³/mol. The van der Waals surface area contributed by atoms with Gasteiger partial charge >= 0.3 is 6.09 Å². The van der Waals surface area contributed by atoms with Gasteiger partial charge < -0.3 is 19.9 Å². The Bertz CT molecular complexity index is 459. The monoisotopic (exact) mass is 308 g/mol. The lowest BCUT2D eigenvalue weighted by Crippen LogP contribution is -2.47. The van der Waals surface area contributed by atoms with Crippen molar-refractivity contribution in [2.24, 2.45) is 0 Å². The number of hydrogen-bond acceptors (Lipinski definition) is 4. The first kappa shape index (κ1) is 16.8. The molecule has 0 saturated carbocycles. The van der Waals surface area contributed by atoms with Crippen LogP contribution in [0, 0.1) is 0 Å². The zero-order valence-corrected chi connectivity index (χ0v) is 14.1. The normalized spacial score (nSPS) is 18.3. The summed E-state index contributed by atoms with van der Waals surface area (Å²) in [5, 5.41) is 3.64. The minimum absolute atomic E-state index is 0.205. The Balaban J connectivity index is 1.81. The van der Waals surface area contributed by atoms with Crippen LogP contribution in [-0.2, 0) is 4.74 Å². The molecule has 0 aliphatic carbocycles. The Morgan fingerprint density at radius 2 is 2.18 bits per heavy atom. The summed E-state index contributed by atoms with van der Waals surface area (Å²) in [7, 11) is 0. The van der Waals surface area contributed by atoms with Crippen LogP contribution in [0.4, 0.5) is 4.79 Å². The molecule has 2 heterocycles. The zero-order valence-electron chi connectivity index (χ0n) is 14.1. The fourth-order valence-electron chi connectivity index (χ4n) is 2.70. The summed E-state index contributed by atoms with van der Waals surface area (Å²) < 4.78 is 5.43. The molecule has 2 N–H and O–H groups in total. The molecule has 1 aliphatic rings. The first-order chi connectivity index (χ1) is 10.4. The summed E-state index contributed by atoms with van der Waals surface area (Å²) in [6.45, 7) is 9.32. The van der Waals surface area contributed by atoms with Crippen LogP contribution in [0.5, 0.6) is 0 Å². The number of carbonyl (C=O) groups excluding carboxylic acids is 1. The molecule has 0 bridgehead atoms. The zero-order chi connectivity index (χ0) is 16.2. The van der Waals surface area contributed by atoms with Gasteiger partial charge in [0.2, 0.25) is 0 Å². The number of nitrogens with zero attached hydrogens (tertiary/aromatic N) is 2. The molecule has 1 amide bonds. The van der Waals surface area contributed by atoms with Crippen LogP contribution < -0.4 is 5.32 Å². The van der Waals surface area contributed by atoms with Crippen molar-refractivity contribution in [2.75, 3.05) is 13.1 Å². The summed E-state index contributed by atoms with van der Waals surface area (Å²) >= 11 is 0. The number of amides is 1. The van der Waals surface area contributed by atoms with E-state index in [9.17, 15) is 4.79 Å². The number of hydrogen-bond donors (Lipinski definition) is 2. The standard InChI is InChI=1S/C16H28N4O2/c1-5-13(14-17-8-9-18-14)19-12-6-10-20(11-7-12)15(21)22-16(2,3)4/h8-9,12-13,19H,5-7,10-11H2,1-4H3,(H,17,18). The third-order valence-corrected chi connectivity index (χ3v) is 3.84. The van der Waals surface area contributed by atoms with Crippen LogP contribution in [0.2, 0.25) is 0 Å². The van der Waals surface area contributed by atoms with Gasteiger partial charge in [0.1, 0.15) is 11.4 Å². The fourth-order valence-corrected chi connectivity index (χ4v) is 2.70. The molecule has 1 atom stereocenters. The molecular formula is C16H28N4O2. The summed E-state index contributed by atoms with van der Waals surface area (Å²) in [5.41, 5.74) is -0.432. The maximum Gasteiger partial charge on any atom is 0.410 e. The Morgan fingerprint density at radius 1 is 1.50 bits per heavy atom. The number of aromatic amines is 1. The molecule has 1 aliphatic heterocycles. The number of rotatable bonds is 4. The van der Waals surface area contributed by atoms with Crippen LogP contribution in [-0.4, -0.2) is 45.7 Å². The number of nitrogens with one attached hydrogen (secondary N) is 2. The average Bonchev–Trinajstić information content (AvgIpc) is 2.97. The second kappa shape index (κ2) is 7.13. The smallest absolute Gasteiger partial charge is 0.410 e. The Hall–Kier alpha value is -1.56. The Morgan fingerprint density at radius 3 is 2.68 bits per heavy atom. The molecule has 1 saturated heterocycles. The van der Waals surface area contributed by atoms with E-state index in [4.69, 9.17) is 4.74 Å². The number of imidazole rings is 1. The molecule has 1 fully saturated rings. The van der Waals surface area contributed by atoms with Crippen molar-refractivity contribution in [3.63, 3.8) is 0 Å². The molecule has 1 unspecified atom stereocenters. The summed E-state index contributed by atoms with van der Waals surface area (Å²) in [4.78, 5) is 21.4. The van der Waals surface area contributed by atoms with Gasteiger partial charge in [-0.05, 0) is 40.0 Å². The number of piperidine rings is 1. The predicted octanol–water partition coefficient (Wildman–Crippen LogP) is 2.85. The average molecular weight is 308 g/mol. The van der Waals surface area contributed by atoms with Crippen molar-refractivity contribution in [1.82, 2.24) is 20.2 Å². The van der Waals surface area contributed by atoms with Gasteiger partial charge in [-0.25, -0.2) is 9.78 Å². The third-order valence-electron chi connectivity index (χ3n) is 3.84. The Labute approximate surface area is 132 Å². The second-order valence-corrected chi connectivity index (χ2v) is 6.84. The number of aromatic nitrogens is 2. The van der Waals surface area contributed by atoms with Gasteiger partial charge in [-0.2, -0.15) is 0 Å². The van der Waals surface area contributed by atoms with E-state index in [1.54, 1.807) is 11.1 Å². The molecule has 22 heavy (non-hydrogen) atoms. The molecular weight excluding hydrogens is 280 g/mol. The van der Waals surface area contributed by atoms with E-state index in [0.717, 1.165) is 38.2 Å². The van der Waals surface area contributed by atoms with Crippen molar-refractivity contribution in [1.29, 1.82) is 0 Å². The maximum atomic E-state index is 12.1. The van der Waals surface area contributed by atoms with Gasteiger partial charge in [0.25, 0.3) is 0 Å². The Kier molecular flexibility index (Phi) is 5.45. The van der Waals surface area contributed by atoms with E-state index in [1.807, 2.05) is 27.0 Å². The van der Waals surface area contributed by atoms with E-state index < -0.39 is 5.60 Å². The van der Waals surface area contributed by atoms with E-state index >= 15 is 0 Å². The fraction of sp³-hybridized carbons (Fsp3) is 0.750. The topological polar surface area (TPSA) is 70.2 Å². The molecule has 1 aromatic rings. The van der Waals surface area contributed by atoms with Crippen LogP contribution in [0.1, 0.15) is 58.8 Å². The van der Waals surface area contributed by atoms with Crippen molar-refractivity contribution < 1.29 is 9.53 Å². The van der Waals surface area contributed by atoms with E-state index in [-0.39, 0.29) is 12.1 Å². The van der Waals surface area contributed by atoms with Crippen LogP contribution >= 0.6 is 0 Å². The minimum Gasteiger partial charge on any atom is -0.444 e. The molecule has 124 valence electrons. The maximum absolute atomic E-state index is 12.1.